The number of nitrogens with zero attached hydrogens (tertiary/aromatic N) is 1. The summed E-state index contributed by atoms with van der Waals surface area (Å²) in [6, 6.07) is 0. The monoisotopic (exact) mass is 173 g/mol. The smallest absolute Gasteiger partial charge is 0.288 e. The molecule has 0 atom stereocenters. The topological polar surface area (TPSA) is 12.5 Å². The minimum absolute atomic E-state index is 0.225. The summed E-state index contributed by atoms with van der Waals surface area (Å²) in [5.41, 5.74) is -4.22. The Balaban J connectivity index is 2.24. The van der Waals surface area contributed by atoms with Crippen LogP contribution < -0.4 is 0 Å². The Morgan fingerprint density at radius 1 is 1.40 bits per heavy atom. The molecule has 1 aliphatic rings. The normalized spacial score (nSPS) is 21.9. The maximum atomic E-state index is 11.5. The van der Waals surface area contributed by atoms with Crippen LogP contribution in [-0.4, -0.2) is 23.1 Å². The number of alkyl halides is 3. The van der Waals surface area contributed by atoms with Gasteiger partial charge in [0, 0.05) is 6.54 Å². The van der Waals surface area contributed by atoms with Gasteiger partial charge < -0.3 is 0 Å². The molecule has 0 radical (unpaired) electrons. The van der Waals surface area contributed by atoms with E-state index >= 15 is 0 Å². The Kier molecular flexibility index (Phi) is 2.43. The van der Waals surface area contributed by atoms with E-state index in [4.69, 9.17) is 0 Å². The second-order valence-electron chi connectivity index (χ2n) is 1.78. The third-order valence-corrected chi connectivity index (χ3v) is 1.62. The van der Waals surface area contributed by atoms with Crippen molar-refractivity contribution < 1.29 is 18.0 Å². The molecule has 0 aromatic carbocycles. The molecule has 0 aliphatic carbocycles. The van der Waals surface area contributed by atoms with Gasteiger partial charge in [-0.2, -0.15) is 13.2 Å². The van der Waals surface area contributed by atoms with Crippen LogP contribution in [0.3, 0.4) is 0 Å². The minimum atomic E-state index is -4.22. The molecule has 1 rings (SSSR count). The molecule has 0 aromatic rings. The highest BCUT2D eigenvalue weighted by molar-refractivity contribution is 7.97. The van der Waals surface area contributed by atoms with Gasteiger partial charge in [-0.1, -0.05) is 0 Å². The zero-order valence-electron chi connectivity index (χ0n) is 5.02. The first-order valence-corrected chi connectivity index (χ1v) is 3.51. The summed E-state index contributed by atoms with van der Waals surface area (Å²) in [7, 11) is 0. The average molecular weight is 173 g/mol. The molecule has 1 fully saturated rings. The second kappa shape index (κ2) is 2.98. The standard InChI is InChI=1S/C4H6F3NOS/c5-4(6,7)10-8-2-1-3-9-8/h1-3H2. The average Bonchev–Trinajstić information content (AvgIpc) is 2.12. The lowest BCUT2D eigenvalue weighted by molar-refractivity contribution is -0.0639. The van der Waals surface area contributed by atoms with Gasteiger partial charge in [-0.15, -0.1) is 4.47 Å². The third kappa shape index (κ3) is 2.76. The lowest BCUT2D eigenvalue weighted by Crippen LogP contribution is -2.15. The van der Waals surface area contributed by atoms with E-state index < -0.39 is 5.51 Å². The van der Waals surface area contributed by atoms with Gasteiger partial charge in [-0.3, -0.25) is 4.84 Å². The zero-order chi connectivity index (χ0) is 7.61. The summed E-state index contributed by atoms with van der Waals surface area (Å²) in [6.07, 6.45) is 0.670. The highest BCUT2D eigenvalue weighted by Crippen LogP contribution is 2.34. The predicted octanol–water partition coefficient (Wildman–Crippen LogP) is 1.79. The van der Waals surface area contributed by atoms with Crippen molar-refractivity contribution in [1.82, 2.24) is 4.47 Å². The van der Waals surface area contributed by atoms with Crippen LogP contribution in [0.25, 0.3) is 0 Å². The molecule has 1 heterocycles. The lowest BCUT2D eigenvalue weighted by Gasteiger charge is -2.13. The van der Waals surface area contributed by atoms with Gasteiger partial charge in [0.1, 0.15) is 0 Å². The first-order chi connectivity index (χ1) is 4.58. The summed E-state index contributed by atoms with van der Waals surface area (Å²) in [4.78, 5) is 4.61. The number of hydrogen-bond acceptors (Lipinski definition) is 3. The van der Waals surface area contributed by atoms with Gasteiger partial charge in [0.05, 0.1) is 18.6 Å². The summed E-state index contributed by atoms with van der Waals surface area (Å²) in [5, 5.41) is 0. The van der Waals surface area contributed by atoms with Crippen LogP contribution in [0.1, 0.15) is 6.42 Å². The van der Waals surface area contributed by atoms with Crippen LogP contribution in [0, 0.1) is 0 Å². The van der Waals surface area contributed by atoms with Crippen molar-refractivity contribution in [1.29, 1.82) is 0 Å². The van der Waals surface area contributed by atoms with Gasteiger partial charge in [0.15, 0.2) is 0 Å². The largest absolute Gasteiger partial charge is 0.458 e. The second-order valence-corrected chi connectivity index (χ2v) is 2.83. The SMILES string of the molecule is FC(F)(F)SN1CCCO1. The van der Waals surface area contributed by atoms with Crippen molar-refractivity contribution in [2.75, 3.05) is 13.2 Å². The van der Waals surface area contributed by atoms with Crippen molar-refractivity contribution in [3.63, 3.8) is 0 Å². The summed E-state index contributed by atoms with van der Waals surface area (Å²) in [5.74, 6) is 0. The molecular weight excluding hydrogens is 167 g/mol. The van der Waals surface area contributed by atoms with Crippen molar-refractivity contribution in [2.24, 2.45) is 0 Å². The number of hydrogen-bond donors (Lipinski definition) is 0. The van der Waals surface area contributed by atoms with E-state index in [2.05, 4.69) is 4.84 Å². The van der Waals surface area contributed by atoms with Crippen molar-refractivity contribution in [2.45, 2.75) is 11.9 Å². The van der Waals surface area contributed by atoms with Crippen LogP contribution in [0.4, 0.5) is 13.2 Å². The molecule has 0 spiro atoms. The number of rotatable bonds is 1. The lowest BCUT2D eigenvalue weighted by atomic mass is 10.5. The number of halogens is 3. The summed E-state index contributed by atoms with van der Waals surface area (Å²) < 4.78 is 35.5. The molecule has 0 bridgehead atoms. The molecule has 1 aliphatic heterocycles. The Labute approximate surface area is 60.4 Å². The van der Waals surface area contributed by atoms with E-state index in [0.717, 1.165) is 4.47 Å². The summed E-state index contributed by atoms with van der Waals surface area (Å²) >= 11 is -0.225. The molecule has 0 saturated carbocycles. The molecular formula is C4H6F3NOS. The van der Waals surface area contributed by atoms with Crippen LogP contribution in [0.15, 0.2) is 0 Å². The first-order valence-electron chi connectivity index (χ1n) is 2.74. The van der Waals surface area contributed by atoms with E-state index in [1.54, 1.807) is 0 Å². The van der Waals surface area contributed by atoms with Crippen LogP contribution in [0.2, 0.25) is 0 Å². The fraction of sp³-hybridized carbons (Fsp3) is 1.00. The van der Waals surface area contributed by atoms with Crippen LogP contribution in [-0.2, 0) is 4.84 Å². The Hall–Kier alpha value is 0.0600. The highest BCUT2D eigenvalue weighted by Gasteiger charge is 2.34. The van der Waals surface area contributed by atoms with Gasteiger partial charge >= 0.3 is 5.51 Å². The molecule has 2 nitrogen and oxygen atoms in total. The fourth-order valence-electron chi connectivity index (χ4n) is 0.612. The molecule has 0 amide bonds. The maximum Gasteiger partial charge on any atom is 0.458 e. The highest BCUT2D eigenvalue weighted by atomic mass is 32.2. The minimum Gasteiger partial charge on any atom is -0.288 e. The predicted molar refractivity (Wildman–Crippen MR) is 30.9 cm³/mol. The van der Waals surface area contributed by atoms with Crippen LogP contribution in [0.5, 0.6) is 0 Å². The molecule has 1 saturated heterocycles. The van der Waals surface area contributed by atoms with Gasteiger partial charge in [-0.05, 0) is 6.42 Å². The van der Waals surface area contributed by atoms with Crippen molar-refractivity contribution in [3.8, 4) is 0 Å². The molecule has 0 aromatic heterocycles. The van der Waals surface area contributed by atoms with E-state index in [0.29, 0.717) is 19.6 Å². The van der Waals surface area contributed by atoms with E-state index in [1.807, 2.05) is 0 Å². The Bertz CT molecular complexity index is 112. The summed E-state index contributed by atoms with van der Waals surface area (Å²) in [6.45, 7) is 0.743. The molecule has 6 heteroatoms. The van der Waals surface area contributed by atoms with Crippen molar-refractivity contribution >= 4 is 11.9 Å². The zero-order valence-corrected chi connectivity index (χ0v) is 5.84. The van der Waals surface area contributed by atoms with Gasteiger partial charge in [0.25, 0.3) is 0 Å². The Morgan fingerprint density at radius 3 is 2.50 bits per heavy atom. The number of hydroxylamine groups is 1. The van der Waals surface area contributed by atoms with Crippen molar-refractivity contribution in [3.05, 3.63) is 0 Å². The van der Waals surface area contributed by atoms with Gasteiger partial charge in [-0.25, -0.2) is 0 Å². The van der Waals surface area contributed by atoms with Gasteiger partial charge in [0.2, 0.25) is 0 Å². The molecule has 0 N–H and O–H groups in total. The third-order valence-electron chi connectivity index (χ3n) is 0.926. The quantitative estimate of drug-likeness (QED) is 0.561. The molecule has 60 valence electrons. The van der Waals surface area contributed by atoms with E-state index in [-0.39, 0.29) is 11.9 Å². The first kappa shape index (κ1) is 8.16. The maximum absolute atomic E-state index is 11.5. The molecule has 10 heavy (non-hydrogen) atoms. The van der Waals surface area contributed by atoms with E-state index in [9.17, 15) is 13.2 Å². The molecule has 0 unspecified atom stereocenters. The van der Waals surface area contributed by atoms with E-state index in [1.165, 1.54) is 0 Å². The van der Waals surface area contributed by atoms with Crippen LogP contribution >= 0.6 is 11.9 Å². The Morgan fingerprint density at radius 2 is 2.10 bits per heavy atom. The fourth-order valence-corrected chi connectivity index (χ4v) is 1.19.